The summed E-state index contributed by atoms with van der Waals surface area (Å²) in [5.41, 5.74) is 2.32. The van der Waals surface area contributed by atoms with Gasteiger partial charge in [0.05, 0.1) is 11.8 Å². The van der Waals surface area contributed by atoms with Crippen LogP contribution in [0.4, 0.5) is 0 Å². The van der Waals surface area contributed by atoms with Crippen molar-refractivity contribution in [2.75, 3.05) is 11.5 Å². The maximum atomic E-state index is 13.0. The number of hydrogen-bond donors (Lipinski definition) is 2. The molecule has 0 aromatic heterocycles. The van der Waals surface area contributed by atoms with Crippen molar-refractivity contribution in [3.8, 4) is 0 Å². The molecule has 0 bridgehead atoms. The lowest BCUT2D eigenvalue weighted by molar-refractivity contribution is -0.134. The Labute approximate surface area is 164 Å². The molecule has 5 heteroatoms. The fourth-order valence-corrected chi connectivity index (χ4v) is 4.50. The largest absolute Gasteiger partial charge is 0.481 e. The Morgan fingerprint density at radius 3 is 2.89 bits per heavy atom. The minimum atomic E-state index is -0.816. The van der Waals surface area contributed by atoms with Gasteiger partial charge < -0.3 is 10.4 Å². The standard InChI is InChI=1S/C22H25NO3S/c1-15(18-11-6-9-16-7-2-4-10-19(16)18)22(26)23-20-12-5-3-8-17(20)13-27-14-21(24)25/h2-11,15,18-20H,12-14H2,1H3,(H,23,26)(H,24,25). The first kappa shape index (κ1) is 19.5. The Morgan fingerprint density at radius 1 is 1.22 bits per heavy atom. The number of carboxylic acids is 1. The molecule has 0 saturated heterocycles. The Balaban J connectivity index is 1.61. The first-order valence-corrected chi connectivity index (χ1v) is 10.4. The van der Waals surface area contributed by atoms with Gasteiger partial charge in [0, 0.05) is 17.6 Å². The highest BCUT2D eigenvalue weighted by molar-refractivity contribution is 8.00. The Morgan fingerprint density at radius 2 is 2.07 bits per heavy atom. The summed E-state index contributed by atoms with van der Waals surface area (Å²) < 4.78 is 0. The second kappa shape index (κ2) is 9.09. The molecule has 0 saturated carbocycles. The van der Waals surface area contributed by atoms with Gasteiger partial charge >= 0.3 is 5.97 Å². The van der Waals surface area contributed by atoms with E-state index in [9.17, 15) is 9.59 Å². The van der Waals surface area contributed by atoms with Gasteiger partial charge in [0.2, 0.25) is 5.91 Å². The van der Waals surface area contributed by atoms with Crippen LogP contribution in [-0.2, 0) is 9.59 Å². The molecule has 0 aromatic rings. The second-order valence-electron chi connectivity index (χ2n) is 7.04. The van der Waals surface area contributed by atoms with Crippen molar-refractivity contribution in [2.45, 2.75) is 19.4 Å². The zero-order valence-electron chi connectivity index (χ0n) is 15.4. The molecular formula is C22H25NO3S. The maximum absolute atomic E-state index is 13.0. The zero-order valence-corrected chi connectivity index (χ0v) is 16.2. The van der Waals surface area contributed by atoms with E-state index in [0.717, 1.165) is 12.0 Å². The molecule has 27 heavy (non-hydrogen) atoms. The van der Waals surface area contributed by atoms with E-state index in [2.05, 4.69) is 29.6 Å². The van der Waals surface area contributed by atoms with Crippen LogP contribution >= 0.6 is 11.8 Å². The molecule has 0 spiro atoms. The van der Waals surface area contributed by atoms with Gasteiger partial charge in [-0.2, -0.15) is 0 Å². The predicted molar refractivity (Wildman–Crippen MR) is 110 cm³/mol. The molecular weight excluding hydrogens is 358 g/mol. The summed E-state index contributed by atoms with van der Waals surface area (Å²) in [5.74, 6) is 0.147. The molecule has 0 aromatic carbocycles. The molecule has 4 unspecified atom stereocenters. The van der Waals surface area contributed by atoms with Gasteiger partial charge in [-0.1, -0.05) is 67.7 Å². The molecule has 4 atom stereocenters. The van der Waals surface area contributed by atoms with Crippen LogP contribution in [0.15, 0.2) is 71.9 Å². The van der Waals surface area contributed by atoms with Gasteiger partial charge in [0.1, 0.15) is 0 Å². The van der Waals surface area contributed by atoms with Crippen LogP contribution in [0, 0.1) is 17.8 Å². The number of rotatable bonds is 7. The molecule has 1 amide bonds. The molecule has 3 aliphatic rings. The maximum Gasteiger partial charge on any atom is 0.313 e. The normalized spacial score (nSPS) is 26.8. The van der Waals surface area contributed by atoms with Gasteiger partial charge in [-0.15, -0.1) is 11.8 Å². The lowest BCUT2D eigenvalue weighted by atomic mass is 9.73. The van der Waals surface area contributed by atoms with Gasteiger partial charge in [0.15, 0.2) is 0 Å². The van der Waals surface area contributed by atoms with Gasteiger partial charge in [-0.3, -0.25) is 9.59 Å². The second-order valence-corrected chi connectivity index (χ2v) is 8.03. The van der Waals surface area contributed by atoms with Crippen LogP contribution in [0.1, 0.15) is 13.3 Å². The van der Waals surface area contributed by atoms with E-state index in [1.54, 1.807) is 0 Å². The number of carboxylic acid groups (broad SMARTS) is 1. The number of hydrogen-bond acceptors (Lipinski definition) is 3. The third-order valence-electron chi connectivity index (χ3n) is 5.21. The number of carbonyl (C=O) groups is 2. The average Bonchev–Trinajstić information content (AvgIpc) is 2.68. The fraction of sp³-hybridized carbons (Fsp3) is 0.364. The highest BCUT2D eigenvalue weighted by Crippen LogP contribution is 2.35. The van der Waals surface area contributed by atoms with Crippen molar-refractivity contribution in [1.29, 1.82) is 0 Å². The number of aliphatic carboxylic acids is 1. The van der Waals surface area contributed by atoms with Crippen LogP contribution in [0.25, 0.3) is 0 Å². The number of amides is 1. The number of carbonyl (C=O) groups excluding carboxylic acids is 1. The summed E-state index contributed by atoms with van der Waals surface area (Å²) in [5, 5.41) is 12.0. The smallest absolute Gasteiger partial charge is 0.313 e. The number of allylic oxidation sites excluding steroid dienone is 10. The molecule has 0 radical (unpaired) electrons. The van der Waals surface area contributed by atoms with Gasteiger partial charge in [0.25, 0.3) is 0 Å². The first-order valence-electron chi connectivity index (χ1n) is 9.25. The van der Waals surface area contributed by atoms with Crippen LogP contribution in [-0.4, -0.2) is 34.5 Å². The molecule has 2 N–H and O–H groups in total. The van der Waals surface area contributed by atoms with Crippen LogP contribution < -0.4 is 5.32 Å². The lowest BCUT2D eigenvalue weighted by Gasteiger charge is -2.32. The quantitative estimate of drug-likeness (QED) is 0.704. The first-order chi connectivity index (χ1) is 13.1. The van der Waals surface area contributed by atoms with Crippen molar-refractivity contribution in [2.24, 2.45) is 17.8 Å². The molecule has 3 rings (SSSR count). The Bertz CT molecular complexity index is 772. The lowest BCUT2D eigenvalue weighted by Crippen LogP contribution is -2.43. The Hall–Kier alpha value is -2.27. The summed E-state index contributed by atoms with van der Waals surface area (Å²) >= 11 is 1.36. The molecule has 0 heterocycles. The van der Waals surface area contributed by atoms with Crippen molar-refractivity contribution in [3.63, 3.8) is 0 Å². The topological polar surface area (TPSA) is 66.4 Å². The fourth-order valence-electron chi connectivity index (χ4n) is 3.69. The summed E-state index contributed by atoms with van der Waals surface area (Å²) in [6.07, 6.45) is 21.4. The minimum absolute atomic E-state index is 0.0447. The van der Waals surface area contributed by atoms with E-state index in [1.165, 1.54) is 17.3 Å². The van der Waals surface area contributed by atoms with Gasteiger partial charge in [-0.05, 0) is 23.5 Å². The van der Waals surface area contributed by atoms with Crippen LogP contribution in [0.5, 0.6) is 0 Å². The molecule has 142 valence electrons. The number of nitrogens with one attached hydrogen (secondary N) is 1. The van der Waals surface area contributed by atoms with E-state index in [0.29, 0.717) is 5.75 Å². The summed E-state index contributed by atoms with van der Waals surface area (Å²) in [7, 11) is 0. The zero-order chi connectivity index (χ0) is 19.2. The van der Waals surface area contributed by atoms with E-state index in [1.807, 2.05) is 43.4 Å². The van der Waals surface area contributed by atoms with Crippen molar-refractivity contribution < 1.29 is 14.7 Å². The van der Waals surface area contributed by atoms with E-state index < -0.39 is 5.97 Å². The third kappa shape index (κ3) is 4.92. The Kier molecular flexibility index (Phi) is 6.56. The van der Waals surface area contributed by atoms with Gasteiger partial charge in [-0.25, -0.2) is 0 Å². The van der Waals surface area contributed by atoms with Crippen molar-refractivity contribution in [3.05, 3.63) is 71.9 Å². The summed E-state index contributed by atoms with van der Waals surface area (Å²) in [6.45, 7) is 1.99. The predicted octanol–water partition coefficient (Wildman–Crippen LogP) is 3.67. The van der Waals surface area contributed by atoms with Crippen molar-refractivity contribution in [1.82, 2.24) is 5.32 Å². The van der Waals surface area contributed by atoms with Crippen LogP contribution in [0.2, 0.25) is 0 Å². The molecule has 4 nitrogen and oxygen atoms in total. The summed E-state index contributed by atoms with van der Waals surface area (Å²) in [4.78, 5) is 23.7. The SMILES string of the molecule is CC(C(=O)NC1CC=CC=C1CSCC(=O)O)C1C=CC=C2C=CC=CC21. The molecule has 3 aliphatic carbocycles. The highest BCUT2D eigenvalue weighted by Gasteiger charge is 2.32. The summed E-state index contributed by atoms with van der Waals surface area (Å²) in [6, 6.07) is -0.0596. The van der Waals surface area contributed by atoms with Crippen molar-refractivity contribution >= 4 is 23.6 Å². The number of thioether (sulfide) groups is 1. The van der Waals surface area contributed by atoms with E-state index >= 15 is 0 Å². The number of fused-ring (bicyclic) bond motifs is 1. The third-order valence-corrected chi connectivity index (χ3v) is 6.20. The molecule has 0 aliphatic heterocycles. The molecule has 0 fully saturated rings. The van der Waals surface area contributed by atoms with E-state index in [4.69, 9.17) is 5.11 Å². The van der Waals surface area contributed by atoms with Crippen LogP contribution in [0.3, 0.4) is 0 Å². The highest BCUT2D eigenvalue weighted by atomic mass is 32.2. The van der Waals surface area contributed by atoms with E-state index in [-0.39, 0.29) is 35.5 Å². The minimum Gasteiger partial charge on any atom is -0.481 e. The monoisotopic (exact) mass is 383 g/mol. The average molecular weight is 384 g/mol.